The average molecular weight is 361 g/mol. The normalized spacial score (nSPS) is 15.0. The zero-order valence-electron chi connectivity index (χ0n) is 14.3. The van der Waals surface area contributed by atoms with Crippen molar-refractivity contribution in [2.75, 3.05) is 31.2 Å². The van der Waals surface area contributed by atoms with E-state index in [0.717, 1.165) is 36.8 Å². The third kappa shape index (κ3) is 5.09. The van der Waals surface area contributed by atoms with Crippen LogP contribution in [0.15, 0.2) is 35.8 Å². The number of benzene rings is 1. The SMILES string of the molecule is CCOc1ccc(OCC(=O)NC2CCN(c3nccs3)CC2)cc1. The lowest BCUT2D eigenvalue weighted by molar-refractivity contribution is -0.123. The molecular weight excluding hydrogens is 338 g/mol. The molecule has 0 bridgehead atoms. The molecule has 1 fully saturated rings. The van der Waals surface area contributed by atoms with Gasteiger partial charge in [0.15, 0.2) is 11.7 Å². The molecule has 25 heavy (non-hydrogen) atoms. The summed E-state index contributed by atoms with van der Waals surface area (Å²) in [7, 11) is 0. The zero-order chi connectivity index (χ0) is 17.5. The lowest BCUT2D eigenvalue weighted by atomic mass is 10.1. The van der Waals surface area contributed by atoms with E-state index in [1.54, 1.807) is 11.3 Å². The smallest absolute Gasteiger partial charge is 0.258 e. The minimum absolute atomic E-state index is 0.0284. The van der Waals surface area contributed by atoms with Crippen LogP contribution < -0.4 is 19.7 Å². The van der Waals surface area contributed by atoms with Gasteiger partial charge in [-0.3, -0.25) is 4.79 Å². The summed E-state index contributed by atoms with van der Waals surface area (Å²) >= 11 is 1.65. The van der Waals surface area contributed by atoms with E-state index in [1.165, 1.54) is 0 Å². The Hall–Kier alpha value is -2.28. The summed E-state index contributed by atoms with van der Waals surface area (Å²) in [5.41, 5.74) is 0. The molecule has 0 unspecified atom stereocenters. The van der Waals surface area contributed by atoms with Crippen LogP contribution in [-0.4, -0.2) is 43.2 Å². The number of carbonyl (C=O) groups excluding carboxylic acids is 1. The number of aromatic nitrogens is 1. The quantitative estimate of drug-likeness (QED) is 0.821. The Kier molecular flexibility index (Phi) is 6.11. The molecule has 1 aromatic heterocycles. The van der Waals surface area contributed by atoms with E-state index in [1.807, 2.05) is 42.8 Å². The molecule has 0 radical (unpaired) electrons. The second-order valence-electron chi connectivity index (χ2n) is 5.84. The Morgan fingerprint density at radius 1 is 1.24 bits per heavy atom. The van der Waals surface area contributed by atoms with E-state index >= 15 is 0 Å². The Labute approximate surface area is 151 Å². The maximum absolute atomic E-state index is 12.1. The summed E-state index contributed by atoms with van der Waals surface area (Å²) in [6, 6.07) is 7.50. The van der Waals surface area contributed by atoms with Crippen LogP contribution in [0, 0.1) is 0 Å². The van der Waals surface area contributed by atoms with Crippen LogP contribution in [0.1, 0.15) is 19.8 Å². The standard InChI is InChI=1S/C18H23N3O3S/c1-2-23-15-3-5-16(6-4-15)24-13-17(22)20-14-7-10-21(11-8-14)18-19-9-12-25-18/h3-6,9,12,14H,2,7-8,10-11,13H2,1H3,(H,20,22). The minimum Gasteiger partial charge on any atom is -0.494 e. The van der Waals surface area contributed by atoms with Crippen LogP contribution in [0.4, 0.5) is 5.13 Å². The van der Waals surface area contributed by atoms with E-state index in [9.17, 15) is 4.79 Å². The second kappa shape index (κ2) is 8.71. The van der Waals surface area contributed by atoms with Gasteiger partial charge in [0, 0.05) is 30.7 Å². The molecule has 2 heterocycles. The number of amides is 1. The highest BCUT2D eigenvalue weighted by atomic mass is 32.1. The fraction of sp³-hybridized carbons (Fsp3) is 0.444. The maximum atomic E-state index is 12.1. The highest BCUT2D eigenvalue weighted by Crippen LogP contribution is 2.22. The topological polar surface area (TPSA) is 63.7 Å². The van der Waals surface area contributed by atoms with Crippen molar-refractivity contribution >= 4 is 22.4 Å². The van der Waals surface area contributed by atoms with Crippen LogP contribution in [0.2, 0.25) is 0 Å². The van der Waals surface area contributed by atoms with Crippen LogP contribution in [0.5, 0.6) is 11.5 Å². The van der Waals surface area contributed by atoms with Crippen molar-refractivity contribution in [2.45, 2.75) is 25.8 Å². The predicted octanol–water partition coefficient (Wildman–Crippen LogP) is 2.71. The van der Waals surface area contributed by atoms with Gasteiger partial charge in [0.05, 0.1) is 6.61 Å². The van der Waals surface area contributed by atoms with Crippen molar-refractivity contribution in [1.82, 2.24) is 10.3 Å². The monoisotopic (exact) mass is 361 g/mol. The fourth-order valence-electron chi connectivity index (χ4n) is 2.80. The van der Waals surface area contributed by atoms with E-state index < -0.39 is 0 Å². The van der Waals surface area contributed by atoms with Gasteiger partial charge in [-0.1, -0.05) is 0 Å². The van der Waals surface area contributed by atoms with Gasteiger partial charge in [-0.2, -0.15) is 0 Å². The fourth-order valence-corrected chi connectivity index (χ4v) is 3.50. The maximum Gasteiger partial charge on any atom is 0.258 e. The van der Waals surface area contributed by atoms with Gasteiger partial charge in [0.25, 0.3) is 5.91 Å². The molecule has 0 atom stereocenters. The highest BCUT2D eigenvalue weighted by molar-refractivity contribution is 7.13. The molecule has 0 aliphatic carbocycles. The summed E-state index contributed by atoms with van der Waals surface area (Å²) in [6.07, 6.45) is 3.68. The summed E-state index contributed by atoms with van der Waals surface area (Å²) in [5, 5.41) is 6.10. The van der Waals surface area contributed by atoms with Crippen molar-refractivity contribution in [3.8, 4) is 11.5 Å². The molecule has 1 aliphatic rings. The molecule has 134 valence electrons. The van der Waals surface area contributed by atoms with Crippen LogP contribution >= 0.6 is 11.3 Å². The molecule has 1 amide bonds. The first-order valence-electron chi connectivity index (χ1n) is 8.54. The molecule has 1 aliphatic heterocycles. The largest absolute Gasteiger partial charge is 0.494 e. The number of hydrogen-bond acceptors (Lipinski definition) is 6. The molecule has 1 saturated heterocycles. The van der Waals surface area contributed by atoms with Crippen molar-refractivity contribution in [3.63, 3.8) is 0 Å². The van der Waals surface area contributed by atoms with Crippen LogP contribution in [0.3, 0.4) is 0 Å². The van der Waals surface area contributed by atoms with E-state index in [0.29, 0.717) is 12.4 Å². The zero-order valence-corrected chi connectivity index (χ0v) is 15.1. The number of anilines is 1. The molecule has 1 aromatic carbocycles. The molecule has 7 heteroatoms. The van der Waals surface area contributed by atoms with Crippen molar-refractivity contribution in [2.24, 2.45) is 0 Å². The number of hydrogen-bond donors (Lipinski definition) is 1. The summed E-state index contributed by atoms with van der Waals surface area (Å²) in [4.78, 5) is 18.7. The lowest BCUT2D eigenvalue weighted by Crippen LogP contribution is -2.46. The van der Waals surface area contributed by atoms with E-state index in [2.05, 4.69) is 15.2 Å². The highest BCUT2D eigenvalue weighted by Gasteiger charge is 2.22. The number of nitrogens with one attached hydrogen (secondary N) is 1. The van der Waals surface area contributed by atoms with Gasteiger partial charge in [0.1, 0.15) is 11.5 Å². The van der Waals surface area contributed by atoms with E-state index in [-0.39, 0.29) is 18.6 Å². The molecule has 3 rings (SSSR count). The predicted molar refractivity (Wildman–Crippen MR) is 98.6 cm³/mol. The van der Waals surface area contributed by atoms with Crippen molar-refractivity contribution in [3.05, 3.63) is 35.8 Å². The third-order valence-corrected chi connectivity index (χ3v) is 4.89. The molecule has 0 saturated carbocycles. The Balaban J connectivity index is 1.38. The first kappa shape index (κ1) is 17.5. The summed E-state index contributed by atoms with van der Waals surface area (Å²) < 4.78 is 10.9. The van der Waals surface area contributed by atoms with E-state index in [4.69, 9.17) is 9.47 Å². The van der Waals surface area contributed by atoms with Crippen LogP contribution in [0.25, 0.3) is 0 Å². The van der Waals surface area contributed by atoms with Gasteiger partial charge >= 0.3 is 0 Å². The molecule has 2 aromatic rings. The summed E-state index contributed by atoms with van der Waals surface area (Å²) in [6.45, 7) is 4.43. The number of carbonyl (C=O) groups is 1. The Bertz CT molecular complexity index is 653. The first-order chi connectivity index (χ1) is 12.2. The van der Waals surface area contributed by atoms with Gasteiger partial charge in [-0.05, 0) is 44.0 Å². The minimum atomic E-state index is -0.0819. The van der Waals surface area contributed by atoms with Gasteiger partial charge in [-0.15, -0.1) is 11.3 Å². The Morgan fingerprint density at radius 3 is 2.52 bits per heavy atom. The van der Waals surface area contributed by atoms with Gasteiger partial charge in [-0.25, -0.2) is 4.98 Å². The number of piperidine rings is 1. The Morgan fingerprint density at radius 2 is 1.92 bits per heavy atom. The first-order valence-corrected chi connectivity index (χ1v) is 9.42. The molecular formula is C18H23N3O3S. The van der Waals surface area contributed by atoms with Gasteiger partial charge < -0.3 is 19.7 Å². The second-order valence-corrected chi connectivity index (χ2v) is 6.71. The lowest BCUT2D eigenvalue weighted by Gasteiger charge is -2.32. The van der Waals surface area contributed by atoms with Crippen LogP contribution in [-0.2, 0) is 4.79 Å². The number of rotatable bonds is 7. The number of ether oxygens (including phenoxy) is 2. The number of thiazole rings is 1. The summed E-state index contributed by atoms with van der Waals surface area (Å²) in [5.74, 6) is 1.38. The molecule has 1 N–H and O–H groups in total. The van der Waals surface area contributed by atoms with Crippen molar-refractivity contribution < 1.29 is 14.3 Å². The van der Waals surface area contributed by atoms with Crippen molar-refractivity contribution in [1.29, 1.82) is 0 Å². The average Bonchev–Trinajstić information content (AvgIpc) is 3.17. The third-order valence-electron chi connectivity index (χ3n) is 4.05. The number of nitrogens with zero attached hydrogens (tertiary/aromatic N) is 2. The molecule has 0 spiro atoms. The van der Waals surface area contributed by atoms with Gasteiger partial charge in [0.2, 0.25) is 0 Å². The molecule has 6 nitrogen and oxygen atoms in total.